The van der Waals surface area contributed by atoms with E-state index in [9.17, 15) is 19.2 Å². The number of guanidine groups is 1. The predicted molar refractivity (Wildman–Crippen MR) is 259 cm³/mol. The molecule has 3 unspecified atom stereocenters. The van der Waals surface area contributed by atoms with E-state index in [1.165, 1.54) is 22.3 Å². The Morgan fingerprint density at radius 3 is 1.20 bits per heavy atom. The molecule has 0 spiro atoms. The lowest BCUT2D eigenvalue weighted by molar-refractivity contribution is -0.490. The van der Waals surface area contributed by atoms with E-state index in [0.29, 0.717) is 24.2 Å². The molecule has 64 heavy (non-hydrogen) atoms. The number of hydrogen-bond donors (Lipinski definition) is 7. The molecule has 346 valence electrons. The molecule has 0 radical (unpaired) electrons. The Bertz CT molecular complexity index is 2040. The molecule has 5 atom stereocenters. The lowest BCUT2D eigenvalue weighted by Crippen LogP contribution is -2.87. The van der Waals surface area contributed by atoms with Gasteiger partial charge in [0.05, 0.1) is 0 Å². The molecule has 0 aliphatic rings. The van der Waals surface area contributed by atoms with Crippen LogP contribution in [0.15, 0.2) is 88.1 Å². The van der Waals surface area contributed by atoms with E-state index < -0.39 is 35.7 Å². The number of carbonyl (C=O) groups excluding carboxylic acids is 4. The molecule has 0 fully saturated rings. The molecular weight excluding hydrogens is 805 g/mol. The van der Waals surface area contributed by atoms with E-state index in [-0.39, 0.29) is 49.4 Å². The number of benzene rings is 3. The van der Waals surface area contributed by atoms with Gasteiger partial charge in [-0.05, 0) is 101 Å². The molecule has 9 N–H and O–H groups in total. The number of rotatable bonds is 25. The first kappa shape index (κ1) is 52.2. The molecule has 0 aliphatic heterocycles. The van der Waals surface area contributed by atoms with Crippen molar-refractivity contribution in [3.05, 3.63) is 106 Å². The molecule has 0 heterocycles. The van der Waals surface area contributed by atoms with Gasteiger partial charge in [0.15, 0.2) is 6.04 Å². The number of carbonyl (C=O) groups is 4. The van der Waals surface area contributed by atoms with E-state index in [1.807, 2.05) is 20.8 Å². The topological polar surface area (TPSA) is 219 Å². The fourth-order valence-corrected chi connectivity index (χ4v) is 6.84. The van der Waals surface area contributed by atoms with Gasteiger partial charge >= 0.3 is 5.96 Å². The van der Waals surface area contributed by atoms with Gasteiger partial charge in [0.1, 0.15) is 6.04 Å². The van der Waals surface area contributed by atoms with Gasteiger partial charge in [-0.2, -0.15) is 15.3 Å². The van der Waals surface area contributed by atoms with E-state index in [4.69, 9.17) is 11.5 Å². The van der Waals surface area contributed by atoms with Crippen LogP contribution in [0.5, 0.6) is 0 Å². The van der Waals surface area contributed by atoms with Crippen molar-refractivity contribution in [3.8, 4) is 0 Å². The van der Waals surface area contributed by atoms with Crippen LogP contribution in [0.4, 0.5) is 0 Å². The molecule has 3 rings (SSSR count). The van der Waals surface area contributed by atoms with Gasteiger partial charge in [0, 0.05) is 31.5 Å². The van der Waals surface area contributed by atoms with Crippen molar-refractivity contribution in [3.63, 3.8) is 0 Å². The van der Waals surface area contributed by atoms with Crippen LogP contribution in [0.25, 0.3) is 0 Å². The first-order valence-electron chi connectivity index (χ1n) is 22.6. The normalized spacial score (nSPS) is 14.1. The third kappa shape index (κ3) is 19.9. The quantitative estimate of drug-likeness (QED) is 0.0350. The van der Waals surface area contributed by atoms with E-state index in [2.05, 4.69) is 156 Å². The molecule has 0 aliphatic carbocycles. The second-order valence-electron chi connectivity index (χ2n) is 17.9. The number of nitrogens with zero attached hydrogens (tertiary/aromatic N) is 3. The highest BCUT2D eigenvalue weighted by molar-refractivity contribution is 5.90. The Morgan fingerprint density at radius 2 is 0.859 bits per heavy atom. The minimum atomic E-state index is -1.18. The fourth-order valence-electron chi connectivity index (χ4n) is 6.84. The Labute approximate surface area is 380 Å². The summed E-state index contributed by atoms with van der Waals surface area (Å²) in [6.07, 6.45) is 6.84. The van der Waals surface area contributed by atoms with Crippen LogP contribution < -0.4 is 38.1 Å². The molecule has 3 aromatic rings. The molecule has 4 amide bonds. The molecule has 3 aromatic carbocycles. The van der Waals surface area contributed by atoms with E-state index in [0.717, 1.165) is 24.0 Å². The zero-order chi connectivity index (χ0) is 47.2. The first-order valence-corrected chi connectivity index (χ1v) is 22.6. The van der Waals surface area contributed by atoms with Gasteiger partial charge in [-0.1, -0.05) is 135 Å². The SMILES string of the molecule is CC(/C=N\NC(=O)CC[C@H](NC(=O)[C@H](CCC(=O)N/N=C\C(C)Cc1ccc(C(C)C)cc1)[NH+]=C(N)N)C(=O)N/N=C\C(C)Cc1ccc(C(C)C)cc1)Cc1ccc(C(C)C)cc1. The van der Waals surface area contributed by atoms with Crippen molar-refractivity contribution in [2.45, 2.75) is 137 Å². The second kappa shape index (κ2) is 27.1. The summed E-state index contributed by atoms with van der Waals surface area (Å²) < 4.78 is 0. The minimum Gasteiger partial charge on any atom is -0.341 e. The Kier molecular flexibility index (Phi) is 22.1. The van der Waals surface area contributed by atoms with Crippen LogP contribution in [0.3, 0.4) is 0 Å². The highest BCUT2D eigenvalue weighted by Gasteiger charge is 2.27. The van der Waals surface area contributed by atoms with Gasteiger partial charge in [0.25, 0.3) is 11.8 Å². The second-order valence-corrected chi connectivity index (χ2v) is 17.9. The standard InChI is InChI=1S/C50H72N10O4/c1-32(2)41-16-10-38(11-17-41)26-35(7)29-53-58-46(61)24-22-44(57-50(51)52)48(63)56-45(49(64)60-55-31-37(9)28-40-14-20-43(21-15-40)34(5)6)23-25-47(62)59-54-30-36(8)27-39-12-18-42(19-13-39)33(3)4/h10-21,29-37,44-45H,22-28H2,1-9H3,(H,56,63)(H,58,61)(H,59,62)(H,60,64)(H4,51,52,57)/p+1/b53-29-,54-30-,55-31-/t35?,36?,37?,44-,45-/m0/s1. The highest BCUT2D eigenvalue weighted by atomic mass is 16.2. The zero-order valence-electron chi connectivity index (χ0n) is 39.4. The number of amides is 4. The van der Waals surface area contributed by atoms with Crippen LogP contribution in [0, 0.1) is 17.8 Å². The lowest BCUT2D eigenvalue weighted by atomic mass is 9.97. The average Bonchev–Trinajstić information content (AvgIpc) is 3.24. The summed E-state index contributed by atoms with van der Waals surface area (Å²) in [6.45, 7) is 18.9. The average molecular weight is 878 g/mol. The Morgan fingerprint density at radius 1 is 0.516 bits per heavy atom. The van der Waals surface area contributed by atoms with Crippen LogP contribution >= 0.6 is 0 Å². The van der Waals surface area contributed by atoms with Crippen molar-refractivity contribution in [2.75, 3.05) is 0 Å². The van der Waals surface area contributed by atoms with Crippen molar-refractivity contribution >= 4 is 48.2 Å². The fraction of sp³-hybridized carbons (Fsp3) is 0.480. The summed E-state index contributed by atoms with van der Waals surface area (Å²) in [5.74, 6) is -0.967. The van der Waals surface area contributed by atoms with Crippen LogP contribution in [-0.4, -0.2) is 60.3 Å². The molecule has 14 heteroatoms. The number of nitrogens with two attached hydrogens (primary N) is 2. The van der Waals surface area contributed by atoms with Crippen molar-refractivity contribution in [1.29, 1.82) is 0 Å². The maximum absolute atomic E-state index is 13.7. The first-order chi connectivity index (χ1) is 30.4. The number of hydrazone groups is 3. The van der Waals surface area contributed by atoms with Gasteiger partial charge in [0.2, 0.25) is 11.8 Å². The molecule has 0 aromatic heterocycles. The van der Waals surface area contributed by atoms with Gasteiger partial charge in [-0.15, -0.1) is 0 Å². The third-order valence-corrected chi connectivity index (χ3v) is 10.8. The maximum atomic E-state index is 13.7. The monoisotopic (exact) mass is 878 g/mol. The predicted octanol–water partition coefficient (Wildman–Crippen LogP) is 5.07. The summed E-state index contributed by atoms with van der Waals surface area (Å²) in [7, 11) is 0. The van der Waals surface area contributed by atoms with Gasteiger partial charge in [-0.25, -0.2) is 16.3 Å². The smallest absolute Gasteiger partial charge is 0.339 e. The van der Waals surface area contributed by atoms with Crippen LogP contribution in [0.1, 0.15) is 139 Å². The van der Waals surface area contributed by atoms with Crippen molar-refractivity contribution in [1.82, 2.24) is 21.6 Å². The van der Waals surface area contributed by atoms with Gasteiger partial charge < -0.3 is 5.32 Å². The summed E-state index contributed by atoms with van der Waals surface area (Å²) in [5.41, 5.74) is 26.3. The number of hydrogen-bond acceptors (Lipinski definition) is 7. The number of nitrogens with one attached hydrogen (secondary N) is 5. The van der Waals surface area contributed by atoms with Crippen molar-refractivity contribution in [2.24, 2.45) is 44.5 Å². The van der Waals surface area contributed by atoms with E-state index >= 15 is 0 Å². The minimum absolute atomic E-state index is 0.0130. The highest BCUT2D eigenvalue weighted by Crippen LogP contribution is 2.19. The van der Waals surface area contributed by atoms with Crippen LogP contribution in [-0.2, 0) is 38.4 Å². The largest absolute Gasteiger partial charge is 0.341 e. The summed E-state index contributed by atoms with van der Waals surface area (Å²) in [5, 5.41) is 15.2. The Hall–Kier alpha value is -6.18. The summed E-state index contributed by atoms with van der Waals surface area (Å²) in [6, 6.07) is 23.1. The molecule has 0 saturated heterocycles. The summed E-state index contributed by atoms with van der Waals surface area (Å²) >= 11 is 0. The lowest BCUT2D eigenvalue weighted by Gasteiger charge is -2.19. The molecular formula is C50H73N10O4+. The van der Waals surface area contributed by atoms with Crippen LogP contribution in [0.2, 0.25) is 0 Å². The van der Waals surface area contributed by atoms with Gasteiger partial charge in [-0.3, -0.25) is 35.6 Å². The molecule has 14 nitrogen and oxygen atoms in total. The van der Waals surface area contributed by atoms with E-state index in [1.54, 1.807) is 18.6 Å². The van der Waals surface area contributed by atoms with Crippen molar-refractivity contribution < 1.29 is 24.2 Å². The maximum Gasteiger partial charge on any atom is 0.339 e. The zero-order valence-corrected chi connectivity index (χ0v) is 39.4. The summed E-state index contributed by atoms with van der Waals surface area (Å²) in [4.78, 5) is 55.7. The molecule has 0 saturated carbocycles. The third-order valence-electron chi connectivity index (χ3n) is 10.8. The Balaban J connectivity index is 1.62. The molecule has 0 bridgehead atoms.